The van der Waals surface area contributed by atoms with Gasteiger partial charge >= 0.3 is 5.97 Å². The summed E-state index contributed by atoms with van der Waals surface area (Å²) in [5, 5.41) is 9.11. The van der Waals surface area contributed by atoms with Gasteiger partial charge in [-0.3, -0.25) is 0 Å². The van der Waals surface area contributed by atoms with E-state index < -0.39 is 5.97 Å². The molecule has 0 unspecified atom stereocenters. The van der Waals surface area contributed by atoms with Gasteiger partial charge in [-0.15, -0.1) is 0 Å². The van der Waals surface area contributed by atoms with Crippen molar-refractivity contribution in [1.29, 1.82) is 0 Å². The van der Waals surface area contributed by atoms with Crippen LogP contribution in [0.25, 0.3) is 0 Å². The molecule has 0 amide bonds. The molecule has 25 heavy (non-hydrogen) atoms. The molecule has 2 aromatic rings. The normalized spacial score (nSPS) is 12.1. The minimum atomic E-state index is -0.924. The van der Waals surface area contributed by atoms with Crippen LogP contribution in [0.1, 0.15) is 68.6 Å². The first-order chi connectivity index (χ1) is 11.5. The summed E-state index contributed by atoms with van der Waals surface area (Å²) in [6.07, 6.45) is 0. The molecule has 0 radical (unpaired) electrons. The van der Waals surface area contributed by atoms with Gasteiger partial charge in [0.2, 0.25) is 0 Å². The maximum Gasteiger partial charge on any atom is 0.335 e. The summed E-state index contributed by atoms with van der Waals surface area (Å²) >= 11 is 0. The number of rotatable bonds is 4. The van der Waals surface area contributed by atoms with Crippen molar-refractivity contribution in [3.05, 3.63) is 64.7 Å². The first kappa shape index (κ1) is 19.0. The van der Waals surface area contributed by atoms with Crippen LogP contribution in [0, 0.1) is 0 Å². The summed E-state index contributed by atoms with van der Waals surface area (Å²) in [6, 6.07) is 13.3. The summed E-state index contributed by atoms with van der Waals surface area (Å²) in [7, 11) is 0. The topological polar surface area (TPSA) is 46.5 Å². The van der Waals surface area contributed by atoms with Gasteiger partial charge in [-0.2, -0.15) is 0 Å². The smallest absolute Gasteiger partial charge is 0.335 e. The molecular weight excluding hydrogens is 312 g/mol. The van der Waals surface area contributed by atoms with Crippen molar-refractivity contribution < 1.29 is 14.6 Å². The Balaban J connectivity index is 2.30. The van der Waals surface area contributed by atoms with Crippen LogP contribution in [0.5, 0.6) is 5.75 Å². The molecule has 0 saturated carbocycles. The third-order valence-corrected chi connectivity index (χ3v) is 4.22. The molecular formula is C22H28O3. The summed E-state index contributed by atoms with van der Waals surface area (Å²) in [5.41, 5.74) is 3.65. The zero-order valence-corrected chi connectivity index (χ0v) is 16.0. The number of carboxylic acid groups (broad SMARTS) is 1. The predicted molar refractivity (Wildman–Crippen MR) is 102 cm³/mol. The maximum atomic E-state index is 11.1. The second-order valence-electron chi connectivity index (χ2n) is 8.54. The number of ether oxygens (including phenoxy) is 1. The van der Waals surface area contributed by atoms with E-state index in [0.29, 0.717) is 6.61 Å². The minimum Gasteiger partial charge on any atom is -0.489 e. The van der Waals surface area contributed by atoms with Gasteiger partial charge in [-0.25, -0.2) is 4.79 Å². The molecule has 0 fully saturated rings. The molecule has 2 rings (SSSR count). The lowest BCUT2D eigenvalue weighted by Crippen LogP contribution is -2.16. The maximum absolute atomic E-state index is 11.1. The predicted octanol–water partition coefficient (Wildman–Crippen LogP) is 5.56. The summed E-state index contributed by atoms with van der Waals surface area (Å²) in [5.74, 6) is -0.107. The quantitative estimate of drug-likeness (QED) is 0.792. The summed E-state index contributed by atoms with van der Waals surface area (Å²) in [6.45, 7) is 13.5. The fourth-order valence-corrected chi connectivity index (χ4v) is 2.51. The Morgan fingerprint density at radius 2 is 1.48 bits per heavy atom. The molecule has 134 valence electrons. The van der Waals surface area contributed by atoms with Crippen LogP contribution < -0.4 is 4.74 Å². The van der Waals surface area contributed by atoms with Crippen molar-refractivity contribution in [2.24, 2.45) is 0 Å². The molecule has 0 heterocycles. The van der Waals surface area contributed by atoms with Gasteiger partial charge in [0.15, 0.2) is 0 Å². The number of hydrogen-bond acceptors (Lipinski definition) is 2. The third kappa shape index (κ3) is 5.09. The van der Waals surface area contributed by atoms with E-state index >= 15 is 0 Å². The van der Waals surface area contributed by atoms with E-state index in [1.807, 2.05) is 6.07 Å². The molecule has 0 bridgehead atoms. The zero-order valence-electron chi connectivity index (χ0n) is 16.0. The lowest BCUT2D eigenvalue weighted by molar-refractivity contribution is 0.0696. The van der Waals surface area contributed by atoms with Gasteiger partial charge in [0.1, 0.15) is 12.4 Å². The van der Waals surface area contributed by atoms with E-state index in [0.717, 1.165) is 11.3 Å². The van der Waals surface area contributed by atoms with E-state index in [2.05, 4.69) is 59.7 Å². The van der Waals surface area contributed by atoms with Crippen LogP contribution in [0.15, 0.2) is 42.5 Å². The number of aromatic carboxylic acids is 1. The average molecular weight is 340 g/mol. The number of benzene rings is 2. The first-order valence-electron chi connectivity index (χ1n) is 8.58. The van der Waals surface area contributed by atoms with Gasteiger partial charge in [-0.1, -0.05) is 59.7 Å². The number of hydrogen-bond donors (Lipinski definition) is 1. The molecule has 0 spiro atoms. The van der Waals surface area contributed by atoms with Crippen molar-refractivity contribution >= 4 is 5.97 Å². The zero-order chi connectivity index (χ0) is 18.8. The Bertz CT molecular complexity index is 729. The molecule has 2 aromatic carbocycles. The Hall–Kier alpha value is -2.29. The van der Waals surface area contributed by atoms with Gasteiger partial charge in [-0.05, 0) is 51.8 Å². The van der Waals surface area contributed by atoms with E-state index in [-0.39, 0.29) is 16.4 Å². The summed E-state index contributed by atoms with van der Waals surface area (Å²) in [4.78, 5) is 11.1. The second-order valence-corrected chi connectivity index (χ2v) is 8.54. The molecule has 3 nitrogen and oxygen atoms in total. The van der Waals surface area contributed by atoms with Crippen LogP contribution in [0.3, 0.4) is 0 Å². The molecule has 0 aliphatic rings. The Morgan fingerprint density at radius 1 is 0.920 bits per heavy atom. The monoisotopic (exact) mass is 340 g/mol. The van der Waals surface area contributed by atoms with Gasteiger partial charge in [0.05, 0.1) is 5.56 Å². The SMILES string of the molecule is CC(C)(C)c1cc(OCc2cccc(C(=O)O)c2)cc(C(C)(C)C)c1. The molecule has 0 aliphatic carbocycles. The van der Waals surface area contributed by atoms with Crippen LogP contribution in [-0.4, -0.2) is 11.1 Å². The van der Waals surface area contributed by atoms with Gasteiger partial charge in [0.25, 0.3) is 0 Å². The minimum absolute atomic E-state index is 0.0304. The second kappa shape index (κ2) is 6.91. The van der Waals surface area contributed by atoms with Crippen molar-refractivity contribution in [1.82, 2.24) is 0 Å². The lowest BCUT2D eigenvalue weighted by atomic mass is 9.80. The van der Waals surface area contributed by atoms with Crippen molar-refractivity contribution in [3.8, 4) is 5.75 Å². The van der Waals surface area contributed by atoms with Crippen molar-refractivity contribution in [3.63, 3.8) is 0 Å². The third-order valence-electron chi connectivity index (χ3n) is 4.22. The van der Waals surface area contributed by atoms with E-state index in [1.165, 1.54) is 11.1 Å². The van der Waals surface area contributed by atoms with E-state index in [4.69, 9.17) is 9.84 Å². The molecule has 0 atom stereocenters. The fourth-order valence-electron chi connectivity index (χ4n) is 2.51. The largest absolute Gasteiger partial charge is 0.489 e. The highest BCUT2D eigenvalue weighted by atomic mass is 16.5. The molecule has 1 N–H and O–H groups in total. The standard InChI is InChI=1S/C22H28O3/c1-21(2,3)17-11-18(22(4,5)6)13-19(12-17)25-14-15-8-7-9-16(10-15)20(23)24/h7-13H,14H2,1-6H3,(H,23,24). The first-order valence-corrected chi connectivity index (χ1v) is 8.58. The Labute approximate surface area is 150 Å². The highest BCUT2D eigenvalue weighted by molar-refractivity contribution is 5.87. The van der Waals surface area contributed by atoms with Crippen LogP contribution in [0.4, 0.5) is 0 Å². The average Bonchev–Trinajstić information content (AvgIpc) is 2.51. The van der Waals surface area contributed by atoms with E-state index in [9.17, 15) is 4.79 Å². The van der Waals surface area contributed by atoms with Crippen molar-refractivity contribution in [2.75, 3.05) is 0 Å². The van der Waals surface area contributed by atoms with Gasteiger partial charge < -0.3 is 9.84 Å². The fraction of sp³-hybridized carbons (Fsp3) is 0.409. The van der Waals surface area contributed by atoms with Crippen LogP contribution in [-0.2, 0) is 17.4 Å². The van der Waals surface area contributed by atoms with Gasteiger partial charge in [0, 0.05) is 0 Å². The van der Waals surface area contributed by atoms with Crippen molar-refractivity contribution in [2.45, 2.75) is 59.0 Å². The van der Waals surface area contributed by atoms with E-state index in [1.54, 1.807) is 18.2 Å². The Morgan fingerprint density at radius 3 is 1.96 bits per heavy atom. The molecule has 0 aliphatic heterocycles. The molecule has 0 aromatic heterocycles. The number of carboxylic acids is 1. The molecule has 0 saturated heterocycles. The summed E-state index contributed by atoms with van der Waals surface area (Å²) < 4.78 is 6.01. The van der Waals surface area contributed by atoms with Crippen LogP contribution in [0.2, 0.25) is 0 Å². The number of carbonyl (C=O) groups is 1. The lowest BCUT2D eigenvalue weighted by Gasteiger charge is -2.26. The highest BCUT2D eigenvalue weighted by Crippen LogP contribution is 2.33. The highest BCUT2D eigenvalue weighted by Gasteiger charge is 2.21. The molecule has 3 heteroatoms. The Kier molecular flexibility index (Phi) is 5.26. The van der Waals surface area contributed by atoms with Crippen LogP contribution >= 0.6 is 0 Å².